The number of nitrogens with two attached hydrogens (primary N) is 1. The molecule has 6 nitrogen and oxygen atoms in total. The summed E-state index contributed by atoms with van der Waals surface area (Å²) in [4.78, 5) is 26.7. The van der Waals surface area contributed by atoms with Crippen LogP contribution in [-0.4, -0.2) is 24.9 Å². The van der Waals surface area contributed by atoms with Crippen LogP contribution in [0.4, 0.5) is 17.1 Å². The average molecular weight is 409 g/mol. The molecule has 160 valence electrons. The molecule has 1 fully saturated rings. The first kappa shape index (κ1) is 21.7. The Bertz CT molecular complexity index is 911. The summed E-state index contributed by atoms with van der Waals surface area (Å²) in [6.07, 6.45) is 2.94. The molecule has 0 aliphatic carbocycles. The van der Waals surface area contributed by atoms with Crippen LogP contribution in [0.5, 0.6) is 0 Å². The number of nitrogens with zero attached hydrogens (tertiary/aromatic N) is 1. The van der Waals surface area contributed by atoms with E-state index in [2.05, 4.69) is 36.6 Å². The van der Waals surface area contributed by atoms with Gasteiger partial charge in [0, 0.05) is 31.1 Å². The van der Waals surface area contributed by atoms with Crippen LogP contribution in [0.25, 0.3) is 0 Å². The maximum Gasteiger partial charge on any atom is 0.249 e. The topological polar surface area (TPSA) is 87.5 Å². The maximum atomic E-state index is 12.6. The Kier molecular flexibility index (Phi) is 6.98. The summed E-state index contributed by atoms with van der Waals surface area (Å²) in [5.74, 6) is -0.389. The maximum absolute atomic E-state index is 12.6. The molecule has 0 saturated carbocycles. The van der Waals surface area contributed by atoms with E-state index in [9.17, 15) is 9.59 Å². The molecular formula is C24H32N4O2. The normalized spacial score (nSPS) is 14.6. The van der Waals surface area contributed by atoms with E-state index < -0.39 is 5.91 Å². The number of primary amides is 1. The minimum absolute atomic E-state index is 0.0222. The first-order valence-corrected chi connectivity index (χ1v) is 10.8. The zero-order chi connectivity index (χ0) is 21.7. The smallest absolute Gasteiger partial charge is 0.249 e. The Morgan fingerprint density at radius 2 is 1.93 bits per heavy atom. The lowest BCUT2D eigenvalue weighted by molar-refractivity contribution is -0.117. The van der Waals surface area contributed by atoms with E-state index in [1.165, 1.54) is 0 Å². The summed E-state index contributed by atoms with van der Waals surface area (Å²) in [5, 5.41) is 7.09. The van der Waals surface area contributed by atoms with Crippen molar-refractivity contribution in [2.75, 3.05) is 28.6 Å². The van der Waals surface area contributed by atoms with Crippen molar-refractivity contribution in [3.05, 3.63) is 53.1 Å². The predicted octanol–water partition coefficient (Wildman–Crippen LogP) is 4.47. The van der Waals surface area contributed by atoms with Gasteiger partial charge in [0.05, 0.1) is 17.1 Å². The lowest BCUT2D eigenvalue weighted by Crippen LogP contribution is -2.27. The Morgan fingerprint density at radius 3 is 2.50 bits per heavy atom. The van der Waals surface area contributed by atoms with Crippen LogP contribution >= 0.6 is 0 Å². The van der Waals surface area contributed by atoms with Crippen LogP contribution in [0.3, 0.4) is 0 Å². The van der Waals surface area contributed by atoms with Gasteiger partial charge in [-0.25, -0.2) is 0 Å². The van der Waals surface area contributed by atoms with Gasteiger partial charge in [-0.15, -0.1) is 0 Å². The Labute approximate surface area is 178 Å². The first-order chi connectivity index (χ1) is 14.5. The molecule has 1 heterocycles. The van der Waals surface area contributed by atoms with Crippen LogP contribution in [-0.2, 0) is 11.2 Å². The summed E-state index contributed by atoms with van der Waals surface area (Å²) >= 11 is 0. The molecule has 4 N–H and O–H groups in total. The number of benzene rings is 2. The molecule has 1 atom stereocenters. The molecule has 2 amide bonds. The third kappa shape index (κ3) is 4.42. The summed E-state index contributed by atoms with van der Waals surface area (Å²) in [6, 6.07) is 12.0. The first-order valence-electron chi connectivity index (χ1n) is 10.8. The summed E-state index contributed by atoms with van der Waals surface area (Å²) in [5.41, 5.74) is 10.8. The lowest BCUT2D eigenvalue weighted by atomic mass is 9.96. The molecule has 3 rings (SSSR count). The Hall–Kier alpha value is -3.02. The fourth-order valence-electron chi connectivity index (χ4n) is 4.11. The van der Waals surface area contributed by atoms with Crippen LogP contribution in [0.1, 0.15) is 67.6 Å². The minimum Gasteiger partial charge on any atom is -0.383 e. The van der Waals surface area contributed by atoms with Gasteiger partial charge in [-0.2, -0.15) is 0 Å². The van der Waals surface area contributed by atoms with E-state index in [0.29, 0.717) is 25.1 Å². The van der Waals surface area contributed by atoms with Crippen molar-refractivity contribution in [3.8, 4) is 0 Å². The van der Waals surface area contributed by atoms with Gasteiger partial charge in [0.2, 0.25) is 11.8 Å². The molecule has 1 unspecified atom stereocenters. The molecular weight excluding hydrogens is 376 g/mol. The molecule has 0 bridgehead atoms. The SMILES string of the molecule is CCCc1c(C(N)=O)cc(N2CCCC2=O)c(NC(C)c2ccccc2)c1NCC. The van der Waals surface area contributed by atoms with E-state index in [1.54, 1.807) is 11.0 Å². The van der Waals surface area contributed by atoms with E-state index in [0.717, 1.165) is 47.5 Å². The van der Waals surface area contributed by atoms with Gasteiger partial charge in [-0.3, -0.25) is 9.59 Å². The minimum atomic E-state index is -0.465. The standard InChI is InChI=1S/C24H32N4O2/c1-4-10-18-19(24(25)30)15-20(28-14-9-13-21(28)29)23(22(18)26-5-2)27-16(3)17-11-7-6-8-12-17/h6-8,11-12,15-16,26-27H,4-5,9-10,13-14H2,1-3H3,(H2,25,30). The number of hydrogen-bond acceptors (Lipinski definition) is 4. The number of nitrogens with one attached hydrogen (secondary N) is 2. The Balaban J connectivity index is 2.20. The average Bonchev–Trinajstić information content (AvgIpc) is 3.16. The van der Waals surface area contributed by atoms with Gasteiger partial charge in [0.1, 0.15) is 0 Å². The fraction of sp³-hybridized carbons (Fsp3) is 0.417. The van der Waals surface area contributed by atoms with Crippen molar-refractivity contribution in [2.45, 2.75) is 52.5 Å². The molecule has 2 aromatic carbocycles. The van der Waals surface area contributed by atoms with Crippen LogP contribution in [0, 0.1) is 0 Å². The number of rotatable bonds is 9. The molecule has 1 saturated heterocycles. The quantitative estimate of drug-likeness (QED) is 0.571. The second kappa shape index (κ2) is 9.65. The van der Waals surface area contributed by atoms with E-state index >= 15 is 0 Å². The van der Waals surface area contributed by atoms with E-state index in [4.69, 9.17) is 5.73 Å². The van der Waals surface area contributed by atoms with Gasteiger partial charge in [-0.05, 0) is 43.9 Å². The zero-order valence-electron chi connectivity index (χ0n) is 18.1. The van der Waals surface area contributed by atoms with Crippen LogP contribution in [0.2, 0.25) is 0 Å². The van der Waals surface area contributed by atoms with Crippen molar-refractivity contribution < 1.29 is 9.59 Å². The highest BCUT2D eigenvalue weighted by Gasteiger charge is 2.29. The van der Waals surface area contributed by atoms with Gasteiger partial charge in [0.25, 0.3) is 0 Å². The summed E-state index contributed by atoms with van der Waals surface area (Å²) < 4.78 is 0. The number of carbonyl (C=O) groups is 2. The van der Waals surface area contributed by atoms with Crippen molar-refractivity contribution >= 4 is 28.9 Å². The highest BCUT2D eigenvalue weighted by Crippen LogP contribution is 2.42. The molecule has 0 radical (unpaired) electrons. The molecule has 1 aliphatic heterocycles. The zero-order valence-corrected chi connectivity index (χ0v) is 18.1. The van der Waals surface area contributed by atoms with Crippen LogP contribution < -0.4 is 21.3 Å². The molecule has 30 heavy (non-hydrogen) atoms. The van der Waals surface area contributed by atoms with Gasteiger partial charge < -0.3 is 21.3 Å². The van der Waals surface area contributed by atoms with Crippen molar-refractivity contribution in [2.24, 2.45) is 5.73 Å². The highest BCUT2D eigenvalue weighted by atomic mass is 16.2. The third-order valence-corrected chi connectivity index (χ3v) is 5.56. The second-order valence-corrected chi connectivity index (χ2v) is 7.74. The van der Waals surface area contributed by atoms with E-state index in [-0.39, 0.29) is 11.9 Å². The number of amides is 2. The second-order valence-electron chi connectivity index (χ2n) is 7.74. The largest absolute Gasteiger partial charge is 0.383 e. The monoisotopic (exact) mass is 408 g/mol. The van der Waals surface area contributed by atoms with Crippen molar-refractivity contribution in [1.82, 2.24) is 0 Å². The van der Waals surface area contributed by atoms with Crippen LogP contribution in [0.15, 0.2) is 36.4 Å². The summed E-state index contributed by atoms with van der Waals surface area (Å²) in [7, 11) is 0. The van der Waals surface area contributed by atoms with E-state index in [1.807, 2.05) is 25.1 Å². The third-order valence-electron chi connectivity index (χ3n) is 5.56. The molecule has 6 heteroatoms. The molecule has 0 aromatic heterocycles. The highest BCUT2D eigenvalue weighted by molar-refractivity contribution is 6.06. The summed E-state index contributed by atoms with van der Waals surface area (Å²) in [6.45, 7) is 7.54. The fourth-order valence-corrected chi connectivity index (χ4v) is 4.11. The Morgan fingerprint density at radius 1 is 1.20 bits per heavy atom. The lowest BCUT2D eigenvalue weighted by Gasteiger charge is -2.29. The van der Waals surface area contributed by atoms with Gasteiger partial charge in [0.15, 0.2) is 0 Å². The molecule has 0 spiro atoms. The molecule has 1 aliphatic rings. The van der Waals surface area contributed by atoms with Gasteiger partial charge >= 0.3 is 0 Å². The predicted molar refractivity (Wildman–Crippen MR) is 123 cm³/mol. The van der Waals surface area contributed by atoms with Crippen molar-refractivity contribution in [1.29, 1.82) is 0 Å². The van der Waals surface area contributed by atoms with Gasteiger partial charge in [-0.1, -0.05) is 43.7 Å². The number of anilines is 3. The molecule has 2 aromatic rings. The number of carbonyl (C=O) groups excluding carboxylic acids is 2. The number of hydrogen-bond donors (Lipinski definition) is 3. The van der Waals surface area contributed by atoms with Crippen molar-refractivity contribution in [3.63, 3.8) is 0 Å².